The number of nitrogens with two attached hydrogens (primary N) is 1. The van der Waals surface area contributed by atoms with Crippen molar-refractivity contribution in [2.75, 3.05) is 17.6 Å². The van der Waals surface area contributed by atoms with Gasteiger partial charge in [-0.2, -0.15) is 4.98 Å². The van der Waals surface area contributed by atoms with Gasteiger partial charge in [0.2, 0.25) is 5.95 Å². The van der Waals surface area contributed by atoms with Gasteiger partial charge in [0.25, 0.3) is 0 Å². The van der Waals surface area contributed by atoms with Gasteiger partial charge in [-0.3, -0.25) is 0 Å². The quantitative estimate of drug-likeness (QED) is 0.658. The third kappa shape index (κ3) is 1.80. The summed E-state index contributed by atoms with van der Waals surface area (Å²) in [6.45, 7) is 4.80. The maximum atomic E-state index is 5.40. The minimum Gasteiger partial charge on any atom is -0.370 e. The van der Waals surface area contributed by atoms with E-state index in [1.54, 1.807) is 6.20 Å². The van der Waals surface area contributed by atoms with Crippen molar-refractivity contribution in [2.24, 2.45) is 0 Å². The molecule has 4 nitrogen and oxygen atoms in total. The van der Waals surface area contributed by atoms with E-state index in [1.165, 1.54) is 0 Å². The Morgan fingerprint density at radius 2 is 2.36 bits per heavy atom. The summed E-state index contributed by atoms with van der Waals surface area (Å²) in [7, 11) is 0. The van der Waals surface area contributed by atoms with E-state index in [-0.39, 0.29) is 0 Å². The number of nitrogen functional groups attached to an aromatic ring is 1. The summed E-state index contributed by atoms with van der Waals surface area (Å²) in [5, 5.41) is 3.09. The summed E-state index contributed by atoms with van der Waals surface area (Å²) in [6, 6.07) is 0. The molecule has 0 spiro atoms. The van der Waals surface area contributed by atoms with Gasteiger partial charge in [-0.05, 0) is 13.8 Å². The maximum absolute atomic E-state index is 5.40. The molecule has 3 N–H and O–H groups in total. The van der Waals surface area contributed by atoms with Crippen LogP contribution in [-0.2, 0) is 0 Å². The molecule has 1 heterocycles. The Bertz CT molecular complexity index is 246. The molecule has 0 aliphatic carbocycles. The summed E-state index contributed by atoms with van der Waals surface area (Å²) < 4.78 is 0. The van der Waals surface area contributed by atoms with Gasteiger partial charge in [-0.25, -0.2) is 4.98 Å². The number of anilines is 2. The SMILES string of the molecule is CCNc1nc(N)ncc1C. The molecular weight excluding hydrogens is 140 g/mol. The largest absolute Gasteiger partial charge is 0.370 e. The lowest BCUT2D eigenvalue weighted by molar-refractivity contribution is 1.09. The van der Waals surface area contributed by atoms with Gasteiger partial charge < -0.3 is 11.1 Å². The van der Waals surface area contributed by atoms with Gasteiger partial charge in [-0.15, -0.1) is 0 Å². The Labute approximate surface area is 65.9 Å². The van der Waals surface area contributed by atoms with Gasteiger partial charge in [-0.1, -0.05) is 0 Å². The zero-order valence-electron chi connectivity index (χ0n) is 6.76. The van der Waals surface area contributed by atoms with Gasteiger partial charge in [0.05, 0.1) is 0 Å². The van der Waals surface area contributed by atoms with E-state index in [4.69, 9.17) is 5.73 Å². The van der Waals surface area contributed by atoms with Crippen molar-refractivity contribution >= 4 is 11.8 Å². The van der Waals surface area contributed by atoms with E-state index in [0.717, 1.165) is 17.9 Å². The van der Waals surface area contributed by atoms with E-state index < -0.39 is 0 Å². The minimum absolute atomic E-state index is 0.312. The number of nitrogens with one attached hydrogen (secondary N) is 1. The number of hydrogen-bond donors (Lipinski definition) is 2. The third-order valence-corrected chi connectivity index (χ3v) is 1.33. The normalized spacial score (nSPS) is 9.64. The number of hydrogen-bond acceptors (Lipinski definition) is 4. The molecule has 0 aliphatic rings. The molecule has 11 heavy (non-hydrogen) atoms. The summed E-state index contributed by atoms with van der Waals surface area (Å²) in [5.41, 5.74) is 6.41. The smallest absolute Gasteiger partial charge is 0.221 e. The Hall–Kier alpha value is -1.32. The molecule has 0 atom stereocenters. The molecule has 4 heteroatoms. The first-order chi connectivity index (χ1) is 5.24. The highest BCUT2D eigenvalue weighted by atomic mass is 15.1. The molecule has 0 aromatic carbocycles. The predicted octanol–water partition coefficient (Wildman–Crippen LogP) is 0.799. The van der Waals surface area contributed by atoms with Crippen LogP contribution >= 0.6 is 0 Å². The van der Waals surface area contributed by atoms with Crippen molar-refractivity contribution in [1.29, 1.82) is 0 Å². The fourth-order valence-corrected chi connectivity index (χ4v) is 0.802. The van der Waals surface area contributed by atoms with Crippen LogP contribution in [0.2, 0.25) is 0 Å². The maximum Gasteiger partial charge on any atom is 0.221 e. The minimum atomic E-state index is 0.312. The van der Waals surface area contributed by atoms with Crippen LogP contribution in [0, 0.1) is 6.92 Å². The van der Waals surface area contributed by atoms with Gasteiger partial charge in [0.1, 0.15) is 5.82 Å². The fourth-order valence-electron chi connectivity index (χ4n) is 0.802. The van der Waals surface area contributed by atoms with Gasteiger partial charge >= 0.3 is 0 Å². The van der Waals surface area contributed by atoms with E-state index in [9.17, 15) is 0 Å². The highest BCUT2D eigenvalue weighted by Crippen LogP contribution is 2.09. The van der Waals surface area contributed by atoms with Crippen molar-refractivity contribution in [3.05, 3.63) is 11.8 Å². The molecule has 1 rings (SSSR count). The highest BCUT2D eigenvalue weighted by molar-refractivity contribution is 5.44. The molecule has 1 aromatic heterocycles. The van der Waals surface area contributed by atoms with Crippen LogP contribution in [0.4, 0.5) is 11.8 Å². The first kappa shape index (κ1) is 7.78. The van der Waals surface area contributed by atoms with Crippen LogP contribution in [0.15, 0.2) is 6.20 Å². The summed E-state index contributed by atoms with van der Waals surface area (Å²) in [6.07, 6.45) is 1.71. The molecule has 0 saturated carbocycles. The van der Waals surface area contributed by atoms with Crippen molar-refractivity contribution in [3.8, 4) is 0 Å². The zero-order chi connectivity index (χ0) is 8.27. The molecule has 0 bridgehead atoms. The van der Waals surface area contributed by atoms with Crippen LogP contribution in [0.25, 0.3) is 0 Å². The van der Waals surface area contributed by atoms with Crippen LogP contribution < -0.4 is 11.1 Å². The first-order valence-electron chi connectivity index (χ1n) is 3.57. The van der Waals surface area contributed by atoms with Crippen LogP contribution in [0.1, 0.15) is 12.5 Å². The number of rotatable bonds is 2. The highest BCUT2D eigenvalue weighted by Gasteiger charge is 1.98. The number of nitrogens with zero attached hydrogens (tertiary/aromatic N) is 2. The summed E-state index contributed by atoms with van der Waals surface area (Å²) in [5.74, 6) is 1.13. The molecule has 60 valence electrons. The lowest BCUT2D eigenvalue weighted by Crippen LogP contribution is -2.04. The van der Waals surface area contributed by atoms with Crippen LogP contribution in [0.3, 0.4) is 0 Å². The molecule has 0 saturated heterocycles. The van der Waals surface area contributed by atoms with Crippen molar-refractivity contribution < 1.29 is 0 Å². The second-order valence-electron chi connectivity index (χ2n) is 2.29. The molecule has 0 aliphatic heterocycles. The average Bonchev–Trinajstić information content (AvgIpc) is 1.98. The average molecular weight is 152 g/mol. The van der Waals surface area contributed by atoms with Crippen LogP contribution in [-0.4, -0.2) is 16.5 Å². The molecule has 0 unspecified atom stereocenters. The Kier molecular flexibility index (Phi) is 2.25. The van der Waals surface area contributed by atoms with Crippen molar-refractivity contribution in [1.82, 2.24) is 9.97 Å². The van der Waals surface area contributed by atoms with Gasteiger partial charge in [0, 0.05) is 18.3 Å². The van der Waals surface area contributed by atoms with E-state index in [1.807, 2.05) is 13.8 Å². The molecule has 1 aromatic rings. The predicted molar refractivity (Wildman–Crippen MR) is 45.3 cm³/mol. The molecule has 0 amide bonds. The first-order valence-corrected chi connectivity index (χ1v) is 3.57. The molecular formula is C7H12N4. The second-order valence-corrected chi connectivity index (χ2v) is 2.29. The Morgan fingerprint density at radius 1 is 1.64 bits per heavy atom. The Morgan fingerprint density at radius 3 is 3.00 bits per heavy atom. The topological polar surface area (TPSA) is 63.8 Å². The third-order valence-electron chi connectivity index (χ3n) is 1.33. The lowest BCUT2D eigenvalue weighted by Gasteiger charge is -2.04. The van der Waals surface area contributed by atoms with E-state index in [2.05, 4.69) is 15.3 Å². The summed E-state index contributed by atoms with van der Waals surface area (Å²) >= 11 is 0. The van der Waals surface area contributed by atoms with Crippen LogP contribution in [0.5, 0.6) is 0 Å². The monoisotopic (exact) mass is 152 g/mol. The van der Waals surface area contributed by atoms with E-state index in [0.29, 0.717) is 5.95 Å². The van der Waals surface area contributed by atoms with E-state index >= 15 is 0 Å². The number of aromatic nitrogens is 2. The standard InChI is InChI=1S/C7H12N4/c1-3-9-6-5(2)4-10-7(8)11-6/h4H,3H2,1-2H3,(H3,8,9,10,11). The molecule has 0 radical (unpaired) electrons. The van der Waals surface area contributed by atoms with Crippen molar-refractivity contribution in [2.45, 2.75) is 13.8 Å². The van der Waals surface area contributed by atoms with Gasteiger partial charge in [0.15, 0.2) is 0 Å². The zero-order valence-corrected chi connectivity index (χ0v) is 6.76. The Balaban J connectivity index is 2.93. The fraction of sp³-hybridized carbons (Fsp3) is 0.429. The lowest BCUT2D eigenvalue weighted by atomic mass is 10.3. The van der Waals surface area contributed by atoms with Crippen molar-refractivity contribution in [3.63, 3.8) is 0 Å². The molecule has 0 fully saturated rings. The number of aryl methyl sites for hydroxylation is 1. The summed E-state index contributed by atoms with van der Waals surface area (Å²) in [4.78, 5) is 7.87. The second kappa shape index (κ2) is 3.18.